The van der Waals surface area contributed by atoms with E-state index in [0.717, 1.165) is 31.9 Å². The second kappa shape index (κ2) is 9.42. The highest BCUT2D eigenvalue weighted by Gasteiger charge is 2.40. The number of halogens is 1. The molecule has 6 nitrogen and oxygen atoms in total. The van der Waals surface area contributed by atoms with Gasteiger partial charge in [-0.2, -0.15) is 0 Å². The molecular formula is C20H30ClN3O3. The van der Waals surface area contributed by atoms with E-state index in [1.165, 1.54) is 0 Å². The standard InChI is InChI=1S/C20H29N3O3.ClH/c1-4-26-17-7-5-14(6-8-17)19(24)22-18(13(2)3)20(25)23-11-15-9-21-10-16(15)12-23;/h5-8,13,15-16,18,21H,4,9-12H2,1-3H3,(H,22,24);1H/t15-,16+,18?;. The van der Waals surface area contributed by atoms with Crippen LogP contribution in [0.5, 0.6) is 5.75 Å². The Hall–Kier alpha value is -1.79. The molecule has 1 aromatic rings. The molecule has 1 unspecified atom stereocenters. The van der Waals surface area contributed by atoms with E-state index in [1.807, 2.05) is 25.7 Å². The zero-order chi connectivity index (χ0) is 18.7. The van der Waals surface area contributed by atoms with Crippen molar-refractivity contribution in [1.82, 2.24) is 15.5 Å². The molecule has 7 heteroatoms. The molecule has 0 aliphatic carbocycles. The van der Waals surface area contributed by atoms with Crippen molar-refractivity contribution in [2.45, 2.75) is 26.8 Å². The molecular weight excluding hydrogens is 366 g/mol. The van der Waals surface area contributed by atoms with Crippen molar-refractivity contribution in [3.8, 4) is 5.75 Å². The minimum atomic E-state index is -0.499. The van der Waals surface area contributed by atoms with E-state index in [-0.39, 0.29) is 30.1 Å². The van der Waals surface area contributed by atoms with Crippen molar-refractivity contribution < 1.29 is 14.3 Å². The number of hydrogen-bond acceptors (Lipinski definition) is 4. The second-order valence-corrected chi connectivity index (χ2v) is 7.57. The van der Waals surface area contributed by atoms with Crippen molar-refractivity contribution in [2.75, 3.05) is 32.8 Å². The van der Waals surface area contributed by atoms with Crippen LogP contribution in [-0.4, -0.2) is 55.5 Å². The number of fused-ring (bicyclic) bond motifs is 1. The summed E-state index contributed by atoms with van der Waals surface area (Å²) in [5.74, 6) is 1.68. The number of carbonyl (C=O) groups excluding carboxylic acids is 2. The molecule has 0 aromatic heterocycles. The van der Waals surface area contributed by atoms with Gasteiger partial charge in [0.05, 0.1) is 6.61 Å². The van der Waals surface area contributed by atoms with Crippen molar-refractivity contribution in [3.05, 3.63) is 29.8 Å². The van der Waals surface area contributed by atoms with Gasteiger partial charge in [0.15, 0.2) is 0 Å². The van der Waals surface area contributed by atoms with Crippen LogP contribution in [0, 0.1) is 17.8 Å². The van der Waals surface area contributed by atoms with E-state index in [4.69, 9.17) is 4.74 Å². The highest BCUT2D eigenvalue weighted by molar-refractivity contribution is 5.97. The normalized spacial score (nSPS) is 22.1. The number of benzene rings is 1. The number of nitrogens with zero attached hydrogens (tertiary/aromatic N) is 1. The smallest absolute Gasteiger partial charge is 0.251 e. The maximum atomic E-state index is 13.0. The fourth-order valence-electron chi connectivity index (χ4n) is 3.84. The van der Waals surface area contributed by atoms with Gasteiger partial charge in [-0.25, -0.2) is 0 Å². The minimum Gasteiger partial charge on any atom is -0.494 e. The van der Waals surface area contributed by atoms with E-state index in [9.17, 15) is 9.59 Å². The Morgan fingerprint density at radius 1 is 1.19 bits per heavy atom. The first-order valence-electron chi connectivity index (χ1n) is 9.52. The number of nitrogens with one attached hydrogen (secondary N) is 2. The van der Waals surface area contributed by atoms with Crippen LogP contribution < -0.4 is 15.4 Å². The predicted molar refractivity (Wildman–Crippen MR) is 107 cm³/mol. The maximum absolute atomic E-state index is 13.0. The van der Waals surface area contributed by atoms with Gasteiger partial charge >= 0.3 is 0 Å². The second-order valence-electron chi connectivity index (χ2n) is 7.57. The first kappa shape index (κ1) is 21.5. The monoisotopic (exact) mass is 395 g/mol. The highest BCUT2D eigenvalue weighted by Crippen LogP contribution is 2.27. The molecule has 0 bridgehead atoms. The van der Waals surface area contributed by atoms with Crippen LogP contribution in [0.15, 0.2) is 24.3 Å². The Labute approximate surface area is 167 Å². The molecule has 3 rings (SSSR count). The fraction of sp³-hybridized carbons (Fsp3) is 0.600. The summed E-state index contributed by atoms with van der Waals surface area (Å²) in [6, 6.07) is 6.52. The first-order chi connectivity index (χ1) is 12.5. The lowest BCUT2D eigenvalue weighted by Gasteiger charge is -2.27. The molecule has 2 saturated heterocycles. The molecule has 27 heavy (non-hydrogen) atoms. The van der Waals surface area contributed by atoms with Gasteiger partial charge in [-0.05, 0) is 48.9 Å². The zero-order valence-corrected chi connectivity index (χ0v) is 17.1. The molecule has 2 aliphatic heterocycles. The molecule has 2 amide bonds. The predicted octanol–water partition coefficient (Wildman–Crippen LogP) is 1.94. The molecule has 0 radical (unpaired) electrons. The summed E-state index contributed by atoms with van der Waals surface area (Å²) in [7, 11) is 0. The Morgan fingerprint density at radius 3 is 2.30 bits per heavy atom. The summed E-state index contributed by atoms with van der Waals surface area (Å²) < 4.78 is 5.40. The Morgan fingerprint density at radius 2 is 1.78 bits per heavy atom. The lowest BCUT2D eigenvalue weighted by molar-refractivity contribution is -0.133. The summed E-state index contributed by atoms with van der Waals surface area (Å²) in [5.41, 5.74) is 0.536. The molecule has 2 heterocycles. The van der Waals surface area contributed by atoms with E-state index in [1.54, 1.807) is 24.3 Å². The van der Waals surface area contributed by atoms with E-state index < -0.39 is 6.04 Å². The number of amides is 2. The lowest BCUT2D eigenvalue weighted by atomic mass is 10.0. The van der Waals surface area contributed by atoms with E-state index in [2.05, 4.69) is 10.6 Å². The highest BCUT2D eigenvalue weighted by atomic mass is 35.5. The van der Waals surface area contributed by atoms with Crippen LogP contribution in [0.2, 0.25) is 0 Å². The molecule has 1 aromatic carbocycles. The van der Waals surface area contributed by atoms with Gasteiger partial charge in [-0.1, -0.05) is 13.8 Å². The van der Waals surface area contributed by atoms with Gasteiger partial charge in [0.1, 0.15) is 11.8 Å². The summed E-state index contributed by atoms with van der Waals surface area (Å²) in [4.78, 5) is 27.5. The van der Waals surface area contributed by atoms with Crippen molar-refractivity contribution >= 4 is 24.2 Å². The zero-order valence-electron chi connectivity index (χ0n) is 16.2. The average Bonchev–Trinajstić information content (AvgIpc) is 3.21. The number of rotatable bonds is 6. The van der Waals surface area contributed by atoms with Crippen molar-refractivity contribution in [2.24, 2.45) is 17.8 Å². The van der Waals surface area contributed by atoms with Crippen LogP contribution >= 0.6 is 12.4 Å². The molecule has 3 atom stereocenters. The van der Waals surface area contributed by atoms with E-state index in [0.29, 0.717) is 24.0 Å². The number of hydrogen-bond donors (Lipinski definition) is 2. The molecule has 0 spiro atoms. The Kier molecular flexibility index (Phi) is 7.50. The lowest BCUT2D eigenvalue weighted by Crippen LogP contribution is -2.51. The maximum Gasteiger partial charge on any atom is 0.251 e. The van der Waals surface area contributed by atoms with Gasteiger partial charge in [-0.3, -0.25) is 9.59 Å². The Bertz CT molecular complexity index is 638. The number of likely N-dealkylation sites (tertiary alicyclic amines) is 1. The summed E-state index contributed by atoms with van der Waals surface area (Å²) in [5, 5.41) is 6.32. The number of ether oxygens (including phenoxy) is 1. The SMILES string of the molecule is CCOc1ccc(C(=O)NC(C(=O)N2C[C@H]3CNC[C@H]3C2)C(C)C)cc1.Cl. The van der Waals surface area contributed by atoms with Crippen molar-refractivity contribution in [1.29, 1.82) is 0 Å². The largest absolute Gasteiger partial charge is 0.494 e. The van der Waals surface area contributed by atoms with Gasteiger partial charge in [0.25, 0.3) is 5.91 Å². The third-order valence-electron chi connectivity index (χ3n) is 5.35. The molecule has 2 fully saturated rings. The van der Waals surface area contributed by atoms with Gasteiger partial charge in [-0.15, -0.1) is 12.4 Å². The molecule has 2 aliphatic rings. The first-order valence-corrected chi connectivity index (χ1v) is 9.52. The fourth-order valence-corrected chi connectivity index (χ4v) is 3.84. The topological polar surface area (TPSA) is 70.7 Å². The van der Waals surface area contributed by atoms with Crippen LogP contribution in [0.25, 0.3) is 0 Å². The summed E-state index contributed by atoms with van der Waals surface area (Å²) >= 11 is 0. The third kappa shape index (κ3) is 4.93. The third-order valence-corrected chi connectivity index (χ3v) is 5.35. The van der Waals surface area contributed by atoms with Gasteiger partial charge < -0.3 is 20.3 Å². The quantitative estimate of drug-likeness (QED) is 0.772. The Balaban J connectivity index is 0.00000261. The van der Waals surface area contributed by atoms with Crippen molar-refractivity contribution in [3.63, 3.8) is 0 Å². The molecule has 0 saturated carbocycles. The van der Waals surface area contributed by atoms with Crippen LogP contribution in [0.3, 0.4) is 0 Å². The summed E-state index contributed by atoms with van der Waals surface area (Å²) in [6.07, 6.45) is 0. The van der Waals surface area contributed by atoms with Crippen LogP contribution in [0.1, 0.15) is 31.1 Å². The minimum absolute atomic E-state index is 0. The number of carbonyl (C=O) groups is 2. The summed E-state index contributed by atoms with van der Waals surface area (Å²) in [6.45, 7) is 10.00. The van der Waals surface area contributed by atoms with Gasteiger partial charge in [0.2, 0.25) is 5.91 Å². The van der Waals surface area contributed by atoms with Gasteiger partial charge in [0, 0.05) is 31.7 Å². The average molecular weight is 396 g/mol. The molecule has 2 N–H and O–H groups in total. The van der Waals surface area contributed by atoms with Crippen LogP contribution in [-0.2, 0) is 4.79 Å². The molecule has 150 valence electrons. The van der Waals surface area contributed by atoms with Crippen LogP contribution in [0.4, 0.5) is 0 Å². The van der Waals surface area contributed by atoms with E-state index >= 15 is 0 Å².